The number of fused-ring (bicyclic) bond motifs is 1. The van der Waals surface area contributed by atoms with Crippen molar-refractivity contribution in [1.82, 2.24) is 4.57 Å². The van der Waals surface area contributed by atoms with E-state index in [0.717, 1.165) is 39.0 Å². The van der Waals surface area contributed by atoms with Gasteiger partial charge in [0.25, 0.3) is 0 Å². The van der Waals surface area contributed by atoms with Crippen LogP contribution in [0.4, 0.5) is 0 Å². The van der Waals surface area contributed by atoms with Crippen molar-refractivity contribution in [3.05, 3.63) is 36.0 Å². The third-order valence-electron chi connectivity index (χ3n) is 3.64. The molecule has 2 N–H and O–H groups in total. The first kappa shape index (κ1) is 16.1. The number of ether oxygens (including phenoxy) is 1. The molecule has 3 nitrogen and oxygen atoms in total. The van der Waals surface area contributed by atoms with Gasteiger partial charge in [-0.2, -0.15) is 0 Å². The summed E-state index contributed by atoms with van der Waals surface area (Å²) in [6, 6.07) is 8.63. The summed E-state index contributed by atoms with van der Waals surface area (Å²) in [4.78, 5) is 0. The lowest BCUT2D eigenvalue weighted by Gasteiger charge is -2.19. The van der Waals surface area contributed by atoms with Gasteiger partial charge >= 0.3 is 0 Å². The molecule has 116 valence electrons. The van der Waals surface area contributed by atoms with Gasteiger partial charge in [0.1, 0.15) is 0 Å². The maximum absolute atomic E-state index is 5.85. The van der Waals surface area contributed by atoms with Crippen molar-refractivity contribution < 1.29 is 4.74 Å². The van der Waals surface area contributed by atoms with Gasteiger partial charge in [0, 0.05) is 23.6 Å². The Morgan fingerprint density at radius 1 is 1.14 bits per heavy atom. The molecule has 1 aromatic heterocycles. The molecule has 0 aliphatic heterocycles. The Kier molecular flexibility index (Phi) is 5.43. The Labute approximate surface area is 128 Å². The Morgan fingerprint density at radius 3 is 2.62 bits per heavy atom. The van der Waals surface area contributed by atoms with Gasteiger partial charge in [0.2, 0.25) is 0 Å². The second-order valence-electron chi connectivity index (χ2n) is 6.57. The smallest absolute Gasteiger partial charge is 0.0652 e. The molecule has 0 amide bonds. The van der Waals surface area contributed by atoms with Gasteiger partial charge in [0.05, 0.1) is 12.2 Å². The zero-order valence-electron chi connectivity index (χ0n) is 13.6. The monoisotopic (exact) mass is 288 g/mol. The SMILES string of the molecule is CC(C)(C)OCCn1cc(CCCCN)c2ccccc21. The van der Waals surface area contributed by atoms with E-state index in [0.29, 0.717) is 0 Å². The van der Waals surface area contributed by atoms with E-state index in [4.69, 9.17) is 10.5 Å². The number of para-hydroxylation sites is 1. The normalized spacial score (nSPS) is 12.2. The number of unbranched alkanes of at least 4 members (excludes halogenated alkanes) is 1. The molecule has 21 heavy (non-hydrogen) atoms. The highest BCUT2D eigenvalue weighted by Gasteiger charge is 2.11. The maximum Gasteiger partial charge on any atom is 0.0652 e. The van der Waals surface area contributed by atoms with E-state index in [1.807, 2.05) is 0 Å². The van der Waals surface area contributed by atoms with Crippen molar-refractivity contribution in [2.75, 3.05) is 13.2 Å². The van der Waals surface area contributed by atoms with E-state index in [1.165, 1.54) is 16.5 Å². The second-order valence-corrected chi connectivity index (χ2v) is 6.57. The number of benzene rings is 1. The van der Waals surface area contributed by atoms with Crippen LogP contribution in [-0.4, -0.2) is 23.3 Å². The van der Waals surface area contributed by atoms with E-state index in [9.17, 15) is 0 Å². The van der Waals surface area contributed by atoms with Crippen LogP contribution in [0.5, 0.6) is 0 Å². The van der Waals surface area contributed by atoms with E-state index < -0.39 is 0 Å². The molecule has 0 bridgehead atoms. The predicted octanol–water partition coefficient (Wildman–Crippen LogP) is 3.74. The number of nitrogens with two attached hydrogens (primary N) is 1. The highest BCUT2D eigenvalue weighted by molar-refractivity contribution is 5.83. The van der Waals surface area contributed by atoms with Gasteiger partial charge in [0.15, 0.2) is 0 Å². The average molecular weight is 288 g/mol. The zero-order valence-corrected chi connectivity index (χ0v) is 13.6. The van der Waals surface area contributed by atoms with Gasteiger partial charge in [-0.15, -0.1) is 0 Å². The molecule has 1 aromatic carbocycles. The Hall–Kier alpha value is -1.32. The molecule has 0 aliphatic carbocycles. The first-order valence-corrected chi connectivity index (χ1v) is 7.92. The van der Waals surface area contributed by atoms with Crippen molar-refractivity contribution in [1.29, 1.82) is 0 Å². The number of hydrogen-bond donors (Lipinski definition) is 1. The molecule has 0 saturated heterocycles. The number of aryl methyl sites for hydroxylation is 1. The number of rotatable bonds is 7. The lowest BCUT2D eigenvalue weighted by Crippen LogP contribution is -2.21. The summed E-state index contributed by atoms with van der Waals surface area (Å²) >= 11 is 0. The van der Waals surface area contributed by atoms with Crippen LogP contribution < -0.4 is 5.73 Å². The molecule has 2 aromatic rings. The van der Waals surface area contributed by atoms with Gasteiger partial charge in [-0.1, -0.05) is 18.2 Å². The Morgan fingerprint density at radius 2 is 1.90 bits per heavy atom. The first-order valence-electron chi connectivity index (χ1n) is 7.92. The topological polar surface area (TPSA) is 40.2 Å². The molecule has 2 rings (SSSR count). The summed E-state index contributed by atoms with van der Waals surface area (Å²) in [6.07, 6.45) is 5.63. The van der Waals surface area contributed by atoms with Crippen molar-refractivity contribution in [2.45, 2.75) is 52.2 Å². The lowest BCUT2D eigenvalue weighted by molar-refractivity contribution is -0.00645. The summed E-state index contributed by atoms with van der Waals surface area (Å²) in [7, 11) is 0. The minimum absolute atomic E-state index is 0.0765. The van der Waals surface area contributed by atoms with Crippen LogP contribution >= 0.6 is 0 Å². The zero-order chi connectivity index (χ0) is 15.3. The summed E-state index contributed by atoms with van der Waals surface area (Å²) in [5, 5.41) is 1.37. The van der Waals surface area contributed by atoms with E-state index in [1.54, 1.807) is 0 Å². The molecule has 0 saturated carbocycles. The molecule has 0 atom stereocenters. The summed E-state index contributed by atoms with van der Waals surface area (Å²) in [6.45, 7) is 8.70. The molecule has 1 heterocycles. The van der Waals surface area contributed by atoms with Crippen LogP contribution in [0.2, 0.25) is 0 Å². The van der Waals surface area contributed by atoms with Crippen molar-refractivity contribution in [2.24, 2.45) is 5.73 Å². The first-order chi connectivity index (χ1) is 10.0. The summed E-state index contributed by atoms with van der Waals surface area (Å²) < 4.78 is 8.17. The van der Waals surface area contributed by atoms with E-state index in [-0.39, 0.29) is 5.60 Å². The van der Waals surface area contributed by atoms with E-state index >= 15 is 0 Å². The van der Waals surface area contributed by atoms with Crippen LogP contribution in [0.3, 0.4) is 0 Å². The molecule has 0 radical (unpaired) electrons. The fourth-order valence-corrected chi connectivity index (χ4v) is 2.62. The Balaban J connectivity index is 2.11. The molecule has 3 heteroatoms. The van der Waals surface area contributed by atoms with E-state index in [2.05, 4.69) is 55.8 Å². The van der Waals surface area contributed by atoms with Crippen LogP contribution in [0.1, 0.15) is 39.2 Å². The highest BCUT2D eigenvalue weighted by atomic mass is 16.5. The van der Waals surface area contributed by atoms with Crippen molar-refractivity contribution in [3.8, 4) is 0 Å². The summed E-state index contributed by atoms with van der Waals surface area (Å²) in [5.74, 6) is 0. The van der Waals surface area contributed by atoms with Crippen LogP contribution in [0, 0.1) is 0 Å². The number of hydrogen-bond acceptors (Lipinski definition) is 2. The molecular formula is C18H28N2O. The van der Waals surface area contributed by atoms with Gasteiger partial charge in [-0.25, -0.2) is 0 Å². The van der Waals surface area contributed by atoms with Gasteiger partial charge in [-0.3, -0.25) is 0 Å². The Bertz CT molecular complexity index is 566. The molecule has 0 spiro atoms. The molecular weight excluding hydrogens is 260 g/mol. The molecule has 0 aliphatic rings. The van der Waals surface area contributed by atoms with Crippen molar-refractivity contribution in [3.63, 3.8) is 0 Å². The minimum Gasteiger partial charge on any atom is -0.374 e. The quantitative estimate of drug-likeness (QED) is 0.788. The fraction of sp³-hybridized carbons (Fsp3) is 0.556. The second kappa shape index (κ2) is 7.10. The molecule has 0 fully saturated rings. The lowest BCUT2D eigenvalue weighted by atomic mass is 10.1. The number of aromatic nitrogens is 1. The van der Waals surface area contributed by atoms with Crippen molar-refractivity contribution >= 4 is 10.9 Å². The van der Waals surface area contributed by atoms with Gasteiger partial charge < -0.3 is 15.0 Å². The fourth-order valence-electron chi connectivity index (χ4n) is 2.62. The molecule has 0 unspecified atom stereocenters. The van der Waals surface area contributed by atoms with Gasteiger partial charge in [-0.05, 0) is 58.2 Å². The third-order valence-corrected chi connectivity index (χ3v) is 3.64. The highest BCUT2D eigenvalue weighted by Crippen LogP contribution is 2.23. The largest absolute Gasteiger partial charge is 0.374 e. The van der Waals surface area contributed by atoms with Crippen LogP contribution in [0.25, 0.3) is 10.9 Å². The third kappa shape index (κ3) is 4.58. The predicted molar refractivity (Wildman–Crippen MR) is 89.6 cm³/mol. The minimum atomic E-state index is -0.0765. The average Bonchev–Trinajstić information content (AvgIpc) is 2.77. The number of nitrogens with zero attached hydrogens (tertiary/aromatic N) is 1. The summed E-state index contributed by atoms with van der Waals surface area (Å²) in [5.41, 5.74) is 8.25. The van der Waals surface area contributed by atoms with Crippen LogP contribution in [0.15, 0.2) is 30.5 Å². The van der Waals surface area contributed by atoms with Crippen LogP contribution in [-0.2, 0) is 17.7 Å². The maximum atomic E-state index is 5.85. The standard InChI is InChI=1S/C18H28N2O/c1-18(2,3)21-13-12-20-14-15(8-6-7-11-19)16-9-4-5-10-17(16)20/h4-5,9-10,14H,6-8,11-13,19H2,1-3H3.